The van der Waals surface area contributed by atoms with Crippen molar-refractivity contribution in [2.45, 2.75) is 32.5 Å². The number of aromatic amines is 1. The Kier molecular flexibility index (Phi) is 6.77. The van der Waals surface area contributed by atoms with Crippen LogP contribution in [0.1, 0.15) is 37.2 Å². The highest BCUT2D eigenvalue weighted by Gasteiger charge is 2.20. The van der Waals surface area contributed by atoms with E-state index in [2.05, 4.69) is 35.3 Å². The molecule has 192 valence electrons. The van der Waals surface area contributed by atoms with Gasteiger partial charge in [-0.1, -0.05) is 43.7 Å². The Hall–Kier alpha value is -4.20. The Bertz CT molecular complexity index is 1560. The Morgan fingerprint density at radius 2 is 1.76 bits per heavy atom. The van der Waals surface area contributed by atoms with E-state index in [1.54, 1.807) is 0 Å². The van der Waals surface area contributed by atoms with Crippen molar-refractivity contribution in [1.82, 2.24) is 15.2 Å². The predicted molar refractivity (Wildman–Crippen MR) is 149 cm³/mol. The molecule has 0 bridgehead atoms. The fourth-order valence-corrected chi connectivity index (χ4v) is 4.85. The van der Waals surface area contributed by atoms with Crippen molar-refractivity contribution >= 4 is 16.7 Å². The van der Waals surface area contributed by atoms with E-state index < -0.39 is 0 Å². The van der Waals surface area contributed by atoms with E-state index >= 15 is 0 Å². The number of ether oxygens (including phenoxy) is 3. The maximum atomic E-state index is 6.32. The molecular weight excluding hydrogens is 476 g/mol. The second kappa shape index (κ2) is 10.7. The van der Waals surface area contributed by atoms with E-state index in [9.17, 15) is 0 Å². The number of nitrogens with two attached hydrogens (primary N) is 1. The highest BCUT2D eigenvalue weighted by molar-refractivity contribution is 6.06. The van der Waals surface area contributed by atoms with Gasteiger partial charge in [-0.25, -0.2) is 0 Å². The summed E-state index contributed by atoms with van der Waals surface area (Å²) in [7, 11) is 0. The first-order valence-corrected chi connectivity index (χ1v) is 13.0. The smallest absolute Gasteiger partial charge is 0.184 e. The number of nitrogens with one attached hydrogen (secondary N) is 1. The molecule has 2 aromatic heterocycles. The van der Waals surface area contributed by atoms with Crippen molar-refractivity contribution in [2.75, 3.05) is 18.9 Å². The number of anilines is 1. The van der Waals surface area contributed by atoms with Gasteiger partial charge in [0, 0.05) is 22.9 Å². The molecule has 1 aliphatic rings. The Labute approximate surface area is 221 Å². The monoisotopic (exact) mass is 506 g/mol. The van der Waals surface area contributed by atoms with E-state index in [4.69, 9.17) is 24.9 Å². The third-order valence-electron chi connectivity index (χ3n) is 6.80. The van der Waals surface area contributed by atoms with Crippen LogP contribution in [-0.2, 0) is 15.9 Å². The summed E-state index contributed by atoms with van der Waals surface area (Å²) in [5.74, 6) is 2.01. The molecule has 1 aliphatic heterocycles. The molecule has 0 saturated carbocycles. The van der Waals surface area contributed by atoms with Gasteiger partial charge < -0.3 is 19.9 Å². The number of hydrogen-bond donors (Lipinski definition) is 2. The van der Waals surface area contributed by atoms with E-state index in [1.807, 2.05) is 60.8 Å². The molecule has 38 heavy (non-hydrogen) atoms. The molecule has 7 heteroatoms. The number of fused-ring (bicyclic) bond motifs is 1. The van der Waals surface area contributed by atoms with Crippen molar-refractivity contribution in [2.24, 2.45) is 0 Å². The number of aromatic nitrogens is 3. The maximum absolute atomic E-state index is 6.32. The molecular formula is C31H30N4O3. The predicted octanol–water partition coefficient (Wildman–Crippen LogP) is 7.05. The number of pyridine rings is 1. The summed E-state index contributed by atoms with van der Waals surface area (Å²) in [6, 6.07) is 24.3. The standard InChI is InChI=1S/C31H30N4O3/c1-2-3-6-20-7-4-10-25(17-20)38-24-13-11-21(12-14-24)28-27-29(34-35-30(27)32)26(19-33-28)22-8-5-9-23(18-22)31-36-15-16-37-31/h4-5,7-14,17-19,31H,2-3,6,15-16H2,1H3,(H3,32,34,35). The van der Waals surface area contributed by atoms with E-state index in [-0.39, 0.29) is 6.29 Å². The first-order chi connectivity index (χ1) is 18.7. The van der Waals surface area contributed by atoms with Crippen LogP contribution in [0.4, 0.5) is 5.82 Å². The highest BCUT2D eigenvalue weighted by atomic mass is 16.7. The number of aryl methyl sites for hydroxylation is 1. The lowest BCUT2D eigenvalue weighted by molar-refractivity contribution is -0.0440. The average molecular weight is 507 g/mol. The number of nitrogens with zero attached hydrogens (tertiary/aromatic N) is 2. The van der Waals surface area contributed by atoms with Gasteiger partial charge in [0.1, 0.15) is 11.5 Å². The molecule has 0 spiro atoms. The molecule has 6 rings (SSSR count). The minimum absolute atomic E-state index is 0.343. The van der Waals surface area contributed by atoms with E-state index in [1.165, 1.54) is 18.4 Å². The third kappa shape index (κ3) is 4.86. The number of H-pyrrole nitrogens is 1. The summed E-state index contributed by atoms with van der Waals surface area (Å²) in [5.41, 5.74) is 13.0. The van der Waals surface area contributed by atoms with Crippen LogP contribution < -0.4 is 10.5 Å². The zero-order valence-corrected chi connectivity index (χ0v) is 21.3. The summed E-state index contributed by atoms with van der Waals surface area (Å²) in [6.07, 6.45) is 4.92. The molecule has 5 aromatic rings. The average Bonchev–Trinajstić information content (AvgIpc) is 3.63. The summed E-state index contributed by atoms with van der Waals surface area (Å²) in [6.45, 7) is 3.40. The number of benzene rings is 3. The van der Waals surface area contributed by atoms with E-state index in [0.29, 0.717) is 19.0 Å². The molecule has 0 amide bonds. The molecule has 0 radical (unpaired) electrons. The second-order valence-electron chi connectivity index (χ2n) is 9.46. The number of unbranched alkanes of at least 4 members (excludes halogenated alkanes) is 1. The van der Waals surface area contributed by atoms with Crippen molar-refractivity contribution in [3.05, 3.63) is 90.1 Å². The van der Waals surface area contributed by atoms with Crippen LogP contribution in [0.2, 0.25) is 0 Å². The summed E-state index contributed by atoms with van der Waals surface area (Å²) < 4.78 is 17.5. The Morgan fingerprint density at radius 3 is 2.58 bits per heavy atom. The first kappa shape index (κ1) is 24.2. The number of hydrogen-bond acceptors (Lipinski definition) is 6. The number of nitrogen functional groups attached to an aromatic ring is 1. The molecule has 3 heterocycles. The van der Waals surface area contributed by atoms with Crippen molar-refractivity contribution < 1.29 is 14.2 Å². The molecule has 0 atom stereocenters. The quantitative estimate of drug-likeness (QED) is 0.234. The van der Waals surface area contributed by atoms with E-state index in [0.717, 1.165) is 56.8 Å². The van der Waals surface area contributed by atoms with Crippen LogP contribution in [0.5, 0.6) is 11.5 Å². The first-order valence-electron chi connectivity index (χ1n) is 13.0. The fourth-order valence-electron chi connectivity index (χ4n) is 4.85. The normalized spacial score (nSPS) is 13.8. The van der Waals surface area contributed by atoms with Crippen molar-refractivity contribution in [1.29, 1.82) is 0 Å². The van der Waals surface area contributed by atoms with Gasteiger partial charge in [-0.15, -0.1) is 0 Å². The Morgan fingerprint density at radius 1 is 0.947 bits per heavy atom. The zero-order valence-electron chi connectivity index (χ0n) is 21.3. The summed E-state index contributed by atoms with van der Waals surface area (Å²) in [4.78, 5) is 4.82. The second-order valence-corrected chi connectivity index (χ2v) is 9.46. The molecule has 3 aromatic carbocycles. The lowest BCUT2D eigenvalue weighted by Gasteiger charge is -2.12. The lowest BCUT2D eigenvalue weighted by Crippen LogP contribution is -1.98. The van der Waals surface area contributed by atoms with Crippen LogP contribution in [0, 0.1) is 0 Å². The largest absolute Gasteiger partial charge is 0.457 e. The van der Waals surface area contributed by atoms with Gasteiger partial charge in [0.15, 0.2) is 12.1 Å². The molecule has 1 saturated heterocycles. The maximum Gasteiger partial charge on any atom is 0.184 e. The van der Waals surface area contributed by atoms with Crippen molar-refractivity contribution in [3.63, 3.8) is 0 Å². The SMILES string of the molecule is CCCCc1cccc(Oc2ccc(-c3ncc(-c4cccc(C5OCCO5)c4)c4[nH]nc(N)c34)cc2)c1. The third-order valence-corrected chi connectivity index (χ3v) is 6.80. The topological polar surface area (TPSA) is 95.3 Å². The zero-order chi connectivity index (χ0) is 25.9. The van der Waals surface area contributed by atoms with Crippen LogP contribution in [-0.4, -0.2) is 28.4 Å². The van der Waals surface area contributed by atoms with Gasteiger partial charge in [0.05, 0.1) is 29.8 Å². The lowest BCUT2D eigenvalue weighted by atomic mass is 10.00. The molecule has 0 unspecified atom stereocenters. The summed E-state index contributed by atoms with van der Waals surface area (Å²) in [5, 5.41) is 8.22. The van der Waals surface area contributed by atoms with Crippen LogP contribution in [0.25, 0.3) is 33.3 Å². The van der Waals surface area contributed by atoms with Gasteiger partial charge in [-0.05, 0) is 66.4 Å². The summed E-state index contributed by atoms with van der Waals surface area (Å²) >= 11 is 0. The molecule has 1 fully saturated rings. The van der Waals surface area contributed by atoms with Crippen molar-refractivity contribution in [3.8, 4) is 33.9 Å². The molecule has 7 nitrogen and oxygen atoms in total. The minimum atomic E-state index is -0.343. The Balaban J connectivity index is 1.29. The number of rotatable bonds is 8. The van der Waals surface area contributed by atoms with Gasteiger partial charge >= 0.3 is 0 Å². The highest BCUT2D eigenvalue weighted by Crippen LogP contribution is 2.37. The van der Waals surface area contributed by atoms with Gasteiger partial charge in [0.2, 0.25) is 0 Å². The van der Waals surface area contributed by atoms with Crippen LogP contribution in [0.3, 0.4) is 0 Å². The van der Waals surface area contributed by atoms with Crippen LogP contribution >= 0.6 is 0 Å². The van der Waals surface area contributed by atoms with Crippen LogP contribution in [0.15, 0.2) is 79.0 Å². The van der Waals surface area contributed by atoms with Gasteiger partial charge in [0.25, 0.3) is 0 Å². The minimum Gasteiger partial charge on any atom is -0.457 e. The van der Waals surface area contributed by atoms with Gasteiger partial charge in [-0.3, -0.25) is 10.1 Å². The molecule has 3 N–H and O–H groups in total. The molecule has 0 aliphatic carbocycles. The van der Waals surface area contributed by atoms with Gasteiger partial charge in [-0.2, -0.15) is 5.10 Å². The fraction of sp³-hybridized carbons (Fsp3) is 0.226.